The van der Waals surface area contributed by atoms with Crippen molar-refractivity contribution in [1.29, 1.82) is 0 Å². The van der Waals surface area contributed by atoms with E-state index in [1.54, 1.807) is 6.07 Å². The van der Waals surface area contributed by atoms with Crippen LogP contribution >= 0.6 is 11.3 Å². The largest absolute Gasteiger partial charge is 0.310 e. The molecule has 2 rings (SSSR count). The maximum absolute atomic E-state index is 12.3. The quantitative estimate of drug-likeness (QED) is 0.760. The zero-order valence-corrected chi connectivity index (χ0v) is 14.8. The van der Waals surface area contributed by atoms with E-state index in [2.05, 4.69) is 10.0 Å². The fourth-order valence-corrected chi connectivity index (χ4v) is 4.10. The predicted octanol–water partition coefficient (Wildman–Crippen LogP) is 1.62. The summed E-state index contributed by atoms with van der Waals surface area (Å²) < 4.78 is 27.8. The number of hydrogen-bond donors (Lipinski definition) is 2. The molecule has 0 aliphatic heterocycles. The Morgan fingerprint density at radius 1 is 1.38 bits per heavy atom. The number of nitrogens with zero attached hydrogens (tertiary/aromatic N) is 1. The van der Waals surface area contributed by atoms with Gasteiger partial charge in [-0.3, -0.25) is 0 Å². The monoisotopic (exact) mass is 331 g/mol. The van der Waals surface area contributed by atoms with Crippen LogP contribution in [0.5, 0.6) is 0 Å². The summed E-state index contributed by atoms with van der Waals surface area (Å²) in [6.45, 7) is 5.15. The second kappa shape index (κ2) is 6.34. The minimum absolute atomic E-state index is 0.222. The highest BCUT2D eigenvalue weighted by atomic mass is 32.2. The third-order valence-corrected chi connectivity index (χ3v) is 6.86. The van der Waals surface area contributed by atoms with Crippen LogP contribution in [0, 0.1) is 0 Å². The van der Waals surface area contributed by atoms with E-state index in [0.717, 1.165) is 12.1 Å². The molecule has 0 amide bonds. The maximum Gasteiger partial charge on any atom is 0.250 e. The van der Waals surface area contributed by atoms with Gasteiger partial charge >= 0.3 is 0 Å². The molecule has 120 valence electrons. The first-order valence-electron chi connectivity index (χ1n) is 7.18. The SMILES string of the molecule is CN(C)C(C)(C)CNS(=O)(=O)c1cc(CNC2CC2)cs1. The molecule has 0 atom stereocenters. The molecular weight excluding hydrogens is 306 g/mol. The number of nitrogens with one attached hydrogen (secondary N) is 2. The van der Waals surface area contributed by atoms with Gasteiger partial charge in [-0.1, -0.05) is 0 Å². The molecule has 2 N–H and O–H groups in total. The lowest BCUT2D eigenvalue weighted by atomic mass is 10.1. The molecule has 0 radical (unpaired) electrons. The molecular formula is C14H25N3O2S2. The molecule has 0 bridgehead atoms. The third-order valence-electron chi connectivity index (χ3n) is 3.97. The van der Waals surface area contributed by atoms with Crippen molar-refractivity contribution in [3.63, 3.8) is 0 Å². The molecule has 1 aromatic heterocycles. The average Bonchev–Trinajstić information content (AvgIpc) is 3.10. The molecule has 1 aliphatic rings. The van der Waals surface area contributed by atoms with E-state index in [1.165, 1.54) is 24.2 Å². The van der Waals surface area contributed by atoms with Crippen molar-refractivity contribution in [2.45, 2.75) is 49.0 Å². The minimum atomic E-state index is -3.42. The Bertz CT molecular complexity index is 575. The number of thiophene rings is 1. The van der Waals surface area contributed by atoms with E-state index in [1.807, 2.05) is 38.2 Å². The maximum atomic E-state index is 12.3. The van der Waals surface area contributed by atoms with Crippen molar-refractivity contribution in [3.05, 3.63) is 17.0 Å². The highest BCUT2D eigenvalue weighted by Crippen LogP contribution is 2.23. The fraction of sp³-hybridized carbons (Fsp3) is 0.714. The second-order valence-corrected chi connectivity index (χ2v) is 9.37. The molecule has 1 heterocycles. The van der Waals surface area contributed by atoms with Gasteiger partial charge in [-0.2, -0.15) is 0 Å². The van der Waals surface area contributed by atoms with Gasteiger partial charge in [0.05, 0.1) is 0 Å². The van der Waals surface area contributed by atoms with Crippen LogP contribution in [-0.4, -0.2) is 45.5 Å². The van der Waals surface area contributed by atoms with Gasteiger partial charge in [0.15, 0.2) is 0 Å². The minimum Gasteiger partial charge on any atom is -0.310 e. The molecule has 1 aromatic rings. The molecule has 0 spiro atoms. The first-order valence-corrected chi connectivity index (χ1v) is 9.55. The van der Waals surface area contributed by atoms with Gasteiger partial charge in [-0.25, -0.2) is 13.1 Å². The third kappa shape index (κ3) is 4.75. The first kappa shape index (κ1) is 16.9. The van der Waals surface area contributed by atoms with Gasteiger partial charge in [0.25, 0.3) is 0 Å². The second-order valence-electron chi connectivity index (χ2n) is 6.46. The topological polar surface area (TPSA) is 61.4 Å². The van der Waals surface area contributed by atoms with Crippen molar-refractivity contribution in [2.24, 2.45) is 0 Å². The zero-order valence-electron chi connectivity index (χ0n) is 13.1. The molecule has 0 aromatic carbocycles. The van der Waals surface area contributed by atoms with E-state index < -0.39 is 10.0 Å². The van der Waals surface area contributed by atoms with Crippen LogP contribution in [0.25, 0.3) is 0 Å². The average molecular weight is 332 g/mol. The van der Waals surface area contributed by atoms with Crippen LogP contribution < -0.4 is 10.0 Å². The van der Waals surface area contributed by atoms with Crippen LogP contribution in [0.4, 0.5) is 0 Å². The number of rotatable bonds is 8. The molecule has 21 heavy (non-hydrogen) atoms. The Balaban J connectivity index is 1.95. The lowest BCUT2D eigenvalue weighted by molar-refractivity contribution is 0.199. The standard InChI is InChI=1S/C14H25N3O2S2/c1-14(2,17(3)4)10-16-21(18,19)13-7-11(9-20-13)8-15-12-5-6-12/h7,9,12,15-16H,5-6,8,10H2,1-4H3. The van der Waals surface area contributed by atoms with Crippen LogP contribution in [0.15, 0.2) is 15.7 Å². The van der Waals surface area contributed by atoms with Crippen LogP contribution in [-0.2, 0) is 16.6 Å². The molecule has 1 fully saturated rings. The van der Waals surface area contributed by atoms with Gasteiger partial charge in [0.1, 0.15) is 4.21 Å². The molecule has 1 saturated carbocycles. The summed E-state index contributed by atoms with van der Waals surface area (Å²) in [6.07, 6.45) is 2.47. The summed E-state index contributed by atoms with van der Waals surface area (Å²) in [5.41, 5.74) is 0.819. The van der Waals surface area contributed by atoms with E-state index >= 15 is 0 Å². The van der Waals surface area contributed by atoms with Gasteiger partial charge in [-0.15, -0.1) is 11.3 Å². The van der Waals surface area contributed by atoms with E-state index in [9.17, 15) is 8.42 Å². The Morgan fingerprint density at radius 3 is 2.62 bits per heavy atom. The highest BCUT2D eigenvalue weighted by Gasteiger charge is 2.25. The lowest BCUT2D eigenvalue weighted by Crippen LogP contribution is -2.48. The Morgan fingerprint density at radius 2 is 2.05 bits per heavy atom. The number of likely N-dealkylation sites (N-methyl/N-ethyl adjacent to an activating group) is 1. The molecule has 5 nitrogen and oxygen atoms in total. The van der Waals surface area contributed by atoms with Crippen molar-refractivity contribution < 1.29 is 8.42 Å². The van der Waals surface area contributed by atoms with Crippen LogP contribution in [0.3, 0.4) is 0 Å². The summed E-state index contributed by atoms with van der Waals surface area (Å²) >= 11 is 1.28. The van der Waals surface area contributed by atoms with Gasteiger partial charge in [0, 0.05) is 24.7 Å². The van der Waals surface area contributed by atoms with Gasteiger partial charge in [-0.05, 0) is 57.8 Å². The summed E-state index contributed by atoms with van der Waals surface area (Å²) in [7, 11) is 0.476. The summed E-state index contributed by atoms with van der Waals surface area (Å²) in [5, 5.41) is 5.31. The van der Waals surface area contributed by atoms with Gasteiger partial charge in [0.2, 0.25) is 10.0 Å². The van der Waals surface area contributed by atoms with E-state index in [4.69, 9.17) is 0 Å². The van der Waals surface area contributed by atoms with E-state index in [0.29, 0.717) is 16.8 Å². The molecule has 0 saturated heterocycles. The lowest BCUT2D eigenvalue weighted by Gasteiger charge is -2.32. The van der Waals surface area contributed by atoms with Crippen molar-refractivity contribution in [1.82, 2.24) is 14.9 Å². The van der Waals surface area contributed by atoms with Crippen LogP contribution in [0.1, 0.15) is 32.3 Å². The number of sulfonamides is 1. The predicted molar refractivity (Wildman–Crippen MR) is 87.1 cm³/mol. The number of hydrogen-bond acceptors (Lipinski definition) is 5. The summed E-state index contributed by atoms with van der Waals surface area (Å²) in [5.74, 6) is 0. The van der Waals surface area contributed by atoms with E-state index in [-0.39, 0.29) is 5.54 Å². The first-order chi connectivity index (χ1) is 9.71. The Kier molecular flexibility index (Phi) is 5.10. The summed E-state index contributed by atoms with van der Waals surface area (Å²) in [6, 6.07) is 2.40. The zero-order chi connectivity index (χ0) is 15.7. The smallest absolute Gasteiger partial charge is 0.250 e. The highest BCUT2D eigenvalue weighted by molar-refractivity contribution is 7.91. The Labute approximate surface area is 131 Å². The van der Waals surface area contributed by atoms with Crippen LogP contribution in [0.2, 0.25) is 0 Å². The molecule has 7 heteroatoms. The normalized spacial score (nSPS) is 16.6. The fourth-order valence-electron chi connectivity index (χ4n) is 1.64. The summed E-state index contributed by atoms with van der Waals surface area (Å²) in [4.78, 5) is 2.01. The molecule has 0 unspecified atom stereocenters. The van der Waals surface area contributed by atoms with Crippen molar-refractivity contribution >= 4 is 21.4 Å². The van der Waals surface area contributed by atoms with Crippen molar-refractivity contribution in [3.8, 4) is 0 Å². The molecule has 1 aliphatic carbocycles. The Hall–Kier alpha value is -0.470. The van der Waals surface area contributed by atoms with Crippen molar-refractivity contribution in [2.75, 3.05) is 20.6 Å². The van der Waals surface area contributed by atoms with Gasteiger partial charge < -0.3 is 10.2 Å².